The van der Waals surface area contributed by atoms with E-state index in [9.17, 15) is 0 Å². The molecule has 0 amide bonds. The molecule has 4 heteroatoms. The highest BCUT2D eigenvalue weighted by atomic mass is 15.2. The summed E-state index contributed by atoms with van der Waals surface area (Å²) < 4.78 is 0. The van der Waals surface area contributed by atoms with Crippen LogP contribution in [0.4, 0.5) is 5.82 Å². The molecule has 1 saturated carbocycles. The van der Waals surface area contributed by atoms with Gasteiger partial charge in [0.05, 0.1) is 0 Å². The number of aryl methyl sites for hydroxylation is 1. The van der Waals surface area contributed by atoms with Crippen molar-refractivity contribution in [2.24, 2.45) is 5.41 Å². The molecule has 2 fully saturated rings. The summed E-state index contributed by atoms with van der Waals surface area (Å²) in [5.74, 6) is 1.15. The van der Waals surface area contributed by atoms with Crippen LogP contribution in [-0.2, 0) is 12.8 Å². The monoisotopic (exact) mass is 260 g/mol. The predicted octanol–water partition coefficient (Wildman–Crippen LogP) is 2.23. The maximum atomic E-state index is 4.55. The molecular formula is C15H24N4. The molecule has 19 heavy (non-hydrogen) atoms. The van der Waals surface area contributed by atoms with Gasteiger partial charge in [-0.3, -0.25) is 5.10 Å². The first-order chi connectivity index (χ1) is 9.35. The second kappa shape index (κ2) is 4.51. The smallest absolute Gasteiger partial charge is 0.151 e. The molecule has 1 aromatic rings. The first-order valence-corrected chi connectivity index (χ1v) is 7.88. The van der Waals surface area contributed by atoms with Crippen molar-refractivity contribution in [2.75, 3.05) is 18.4 Å². The van der Waals surface area contributed by atoms with E-state index >= 15 is 0 Å². The lowest BCUT2D eigenvalue weighted by atomic mass is 9.72. The van der Waals surface area contributed by atoms with Crippen LogP contribution in [-0.4, -0.2) is 29.3 Å². The molecule has 1 saturated heterocycles. The zero-order valence-corrected chi connectivity index (χ0v) is 11.6. The quantitative estimate of drug-likeness (QED) is 0.764. The van der Waals surface area contributed by atoms with E-state index in [0.29, 0.717) is 11.5 Å². The number of nitrogens with zero attached hydrogens (tertiary/aromatic N) is 1. The van der Waals surface area contributed by atoms with Crippen molar-refractivity contribution in [1.29, 1.82) is 0 Å². The summed E-state index contributed by atoms with van der Waals surface area (Å²) in [6.45, 7) is 2.21. The molecule has 1 aromatic heterocycles. The van der Waals surface area contributed by atoms with Crippen LogP contribution >= 0.6 is 0 Å². The summed E-state index contributed by atoms with van der Waals surface area (Å²) in [4.78, 5) is 0. The molecule has 1 spiro atoms. The number of aromatic amines is 1. The van der Waals surface area contributed by atoms with Crippen molar-refractivity contribution >= 4 is 5.82 Å². The Bertz CT molecular complexity index is 453. The van der Waals surface area contributed by atoms with Crippen molar-refractivity contribution in [2.45, 2.75) is 57.4 Å². The Morgan fingerprint density at radius 3 is 2.89 bits per heavy atom. The lowest BCUT2D eigenvalue weighted by Crippen LogP contribution is -2.27. The number of anilines is 1. The van der Waals surface area contributed by atoms with Gasteiger partial charge in [-0.2, -0.15) is 5.10 Å². The maximum Gasteiger partial charge on any atom is 0.151 e. The third-order valence-corrected chi connectivity index (χ3v) is 5.48. The summed E-state index contributed by atoms with van der Waals surface area (Å²) in [7, 11) is 0. The van der Waals surface area contributed by atoms with Crippen molar-refractivity contribution in [3.8, 4) is 0 Å². The summed E-state index contributed by atoms with van der Waals surface area (Å²) in [5.41, 5.74) is 3.51. The van der Waals surface area contributed by atoms with Gasteiger partial charge in [-0.15, -0.1) is 0 Å². The second-order valence-corrected chi connectivity index (χ2v) is 6.75. The largest absolute Gasteiger partial charge is 0.364 e. The van der Waals surface area contributed by atoms with E-state index in [1.165, 1.54) is 62.6 Å². The van der Waals surface area contributed by atoms with E-state index in [0.717, 1.165) is 18.9 Å². The van der Waals surface area contributed by atoms with Crippen LogP contribution in [0.15, 0.2) is 0 Å². The zero-order chi connectivity index (χ0) is 12.7. The van der Waals surface area contributed by atoms with Crippen molar-refractivity contribution in [3.05, 3.63) is 11.3 Å². The van der Waals surface area contributed by atoms with Crippen LogP contribution in [0.1, 0.15) is 49.8 Å². The number of rotatable bonds is 2. The minimum absolute atomic E-state index is 0.564. The number of hydrogen-bond donors (Lipinski definition) is 3. The van der Waals surface area contributed by atoms with Crippen LogP contribution in [0.2, 0.25) is 0 Å². The summed E-state index contributed by atoms with van der Waals surface area (Å²) in [6.07, 6.45) is 10.8. The standard InChI is InChI=1S/C15H24N4/c1-2-6-15(5-1)7-3-13-12(9-15)14(19-18-13)17-11-4-8-16-10-11/h11,16H,1-10H2,(H2,17,18,19). The molecule has 1 atom stereocenters. The Balaban J connectivity index is 1.56. The predicted molar refractivity (Wildman–Crippen MR) is 76.4 cm³/mol. The zero-order valence-electron chi connectivity index (χ0n) is 11.6. The molecule has 0 bridgehead atoms. The van der Waals surface area contributed by atoms with E-state index in [1.54, 1.807) is 0 Å². The molecule has 2 heterocycles. The van der Waals surface area contributed by atoms with Gasteiger partial charge >= 0.3 is 0 Å². The first kappa shape index (κ1) is 11.8. The molecule has 3 aliphatic rings. The van der Waals surface area contributed by atoms with Crippen LogP contribution < -0.4 is 10.6 Å². The lowest BCUT2D eigenvalue weighted by Gasteiger charge is -2.33. The molecule has 1 unspecified atom stereocenters. The third kappa shape index (κ3) is 2.06. The van der Waals surface area contributed by atoms with Gasteiger partial charge in [0, 0.05) is 23.8 Å². The van der Waals surface area contributed by atoms with Gasteiger partial charge in [-0.1, -0.05) is 12.8 Å². The van der Waals surface area contributed by atoms with Gasteiger partial charge in [-0.05, 0) is 50.5 Å². The molecule has 3 N–H and O–H groups in total. The molecule has 4 nitrogen and oxygen atoms in total. The molecular weight excluding hydrogens is 236 g/mol. The molecule has 4 rings (SSSR count). The van der Waals surface area contributed by atoms with Gasteiger partial charge < -0.3 is 10.6 Å². The normalized spacial score (nSPS) is 28.7. The molecule has 104 valence electrons. The topological polar surface area (TPSA) is 52.7 Å². The fourth-order valence-electron chi connectivity index (χ4n) is 4.29. The van der Waals surface area contributed by atoms with Gasteiger partial charge in [0.25, 0.3) is 0 Å². The second-order valence-electron chi connectivity index (χ2n) is 6.75. The highest BCUT2D eigenvalue weighted by Crippen LogP contribution is 2.48. The first-order valence-electron chi connectivity index (χ1n) is 7.88. The summed E-state index contributed by atoms with van der Waals surface area (Å²) in [5, 5.41) is 14.9. The van der Waals surface area contributed by atoms with Gasteiger partial charge in [-0.25, -0.2) is 0 Å². The van der Waals surface area contributed by atoms with Crippen molar-refractivity contribution in [1.82, 2.24) is 15.5 Å². The number of nitrogens with one attached hydrogen (secondary N) is 3. The van der Waals surface area contributed by atoms with Gasteiger partial charge in [0.15, 0.2) is 5.82 Å². The SMILES string of the molecule is C1CCC2(C1)CCc1[nH]nc(NC3CCNC3)c1C2. The van der Waals surface area contributed by atoms with Crippen LogP contribution in [0.3, 0.4) is 0 Å². The lowest BCUT2D eigenvalue weighted by molar-refractivity contribution is 0.254. The Hall–Kier alpha value is -1.03. The van der Waals surface area contributed by atoms with E-state index in [-0.39, 0.29) is 0 Å². The van der Waals surface area contributed by atoms with Crippen LogP contribution in [0.25, 0.3) is 0 Å². The van der Waals surface area contributed by atoms with Crippen molar-refractivity contribution in [3.63, 3.8) is 0 Å². The number of aromatic nitrogens is 2. The van der Waals surface area contributed by atoms with Crippen LogP contribution in [0, 0.1) is 5.41 Å². The molecule has 2 aliphatic carbocycles. The highest BCUT2D eigenvalue weighted by Gasteiger charge is 2.39. The van der Waals surface area contributed by atoms with Gasteiger partial charge in [0.2, 0.25) is 0 Å². The Kier molecular flexibility index (Phi) is 2.79. The minimum atomic E-state index is 0.564. The number of fused-ring (bicyclic) bond motifs is 1. The van der Waals surface area contributed by atoms with E-state index in [4.69, 9.17) is 0 Å². The minimum Gasteiger partial charge on any atom is -0.364 e. The highest BCUT2D eigenvalue weighted by molar-refractivity contribution is 5.49. The average Bonchev–Trinajstić information content (AvgIpc) is 3.14. The fraction of sp³-hybridized carbons (Fsp3) is 0.800. The van der Waals surface area contributed by atoms with Crippen molar-refractivity contribution < 1.29 is 0 Å². The van der Waals surface area contributed by atoms with E-state index < -0.39 is 0 Å². The molecule has 0 radical (unpaired) electrons. The van der Waals surface area contributed by atoms with Crippen LogP contribution in [0.5, 0.6) is 0 Å². The average molecular weight is 260 g/mol. The van der Waals surface area contributed by atoms with E-state index in [2.05, 4.69) is 20.8 Å². The number of hydrogen-bond acceptors (Lipinski definition) is 3. The summed E-state index contributed by atoms with van der Waals surface area (Å²) in [6, 6.07) is 0.564. The third-order valence-electron chi connectivity index (χ3n) is 5.48. The Labute approximate surface area is 114 Å². The molecule has 1 aliphatic heterocycles. The van der Waals surface area contributed by atoms with Gasteiger partial charge in [0.1, 0.15) is 0 Å². The Morgan fingerprint density at radius 2 is 2.11 bits per heavy atom. The fourth-order valence-corrected chi connectivity index (χ4v) is 4.29. The Morgan fingerprint density at radius 1 is 1.21 bits per heavy atom. The summed E-state index contributed by atoms with van der Waals surface area (Å²) >= 11 is 0. The maximum absolute atomic E-state index is 4.55. The number of H-pyrrole nitrogens is 1. The van der Waals surface area contributed by atoms with E-state index in [1.807, 2.05) is 0 Å². The molecule has 0 aromatic carbocycles.